The van der Waals surface area contributed by atoms with Gasteiger partial charge in [-0.15, -0.1) is 0 Å². The SMILES string of the molecule is CN(C)CCC(c1ccc(Cl)cc1)c1ccccn1.CNC[C@H](O)c1cccc(O)c1.C[N+]1(C)[C@@H]2CC(OC(=O)[C@H](CO)c3ccccc3)C[C@H]1[C@@H]1O[C@@H]12.[Br-]. The van der Waals surface area contributed by atoms with Crippen LogP contribution in [0, 0.1) is 0 Å². The van der Waals surface area contributed by atoms with Gasteiger partial charge in [-0.05, 0) is 87.2 Å². The highest BCUT2D eigenvalue weighted by molar-refractivity contribution is 6.30. The van der Waals surface area contributed by atoms with Gasteiger partial charge >= 0.3 is 5.97 Å². The van der Waals surface area contributed by atoms with E-state index < -0.39 is 12.0 Å². The molecule has 10 nitrogen and oxygen atoms in total. The molecular weight excluding hydrogens is 784 g/mol. The lowest BCUT2D eigenvalue weighted by molar-refractivity contribution is -0.938. The maximum atomic E-state index is 12.5. The van der Waals surface area contributed by atoms with E-state index in [1.807, 2.05) is 60.8 Å². The third kappa shape index (κ3) is 11.8. The predicted molar refractivity (Wildman–Crippen MR) is 211 cm³/mol. The number of aliphatic hydroxyl groups excluding tert-OH is 2. The number of nitrogens with one attached hydrogen (secondary N) is 1. The summed E-state index contributed by atoms with van der Waals surface area (Å²) in [5.74, 6) is -0.405. The van der Waals surface area contributed by atoms with Crippen molar-refractivity contribution in [3.8, 4) is 5.75 Å². The fourth-order valence-corrected chi connectivity index (χ4v) is 7.87. The summed E-state index contributed by atoms with van der Waals surface area (Å²) in [5.41, 5.74) is 3.92. The third-order valence-electron chi connectivity index (χ3n) is 10.8. The largest absolute Gasteiger partial charge is 1.00 e. The molecule has 3 aromatic carbocycles. The number of phenols is 1. The minimum absolute atomic E-state index is 0. The highest BCUT2D eigenvalue weighted by Crippen LogP contribution is 2.51. The van der Waals surface area contributed by atoms with Crippen molar-refractivity contribution in [2.45, 2.75) is 67.6 Å². The van der Waals surface area contributed by atoms with E-state index in [2.05, 4.69) is 61.6 Å². The Labute approximate surface area is 341 Å². The number of hydrogen-bond donors (Lipinski definition) is 4. The smallest absolute Gasteiger partial charge is 0.316 e. The van der Waals surface area contributed by atoms with Gasteiger partial charge in [0.15, 0.2) is 0 Å². The number of carbonyl (C=O) groups is 1. The van der Waals surface area contributed by atoms with Crippen LogP contribution in [0.1, 0.15) is 59.6 Å². The van der Waals surface area contributed by atoms with Gasteiger partial charge in [0.1, 0.15) is 42.1 Å². The van der Waals surface area contributed by atoms with E-state index in [9.17, 15) is 15.0 Å². The molecule has 0 amide bonds. The number of phenolic OH excluding ortho intramolecular Hbond substituents is 1. The number of piperidine rings is 1. The van der Waals surface area contributed by atoms with E-state index in [0.29, 0.717) is 36.8 Å². The first kappa shape index (κ1) is 44.3. The van der Waals surface area contributed by atoms with Gasteiger partial charge in [-0.25, -0.2) is 0 Å². The summed E-state index contributed by atoms with van der Waals surface area (Å²) >= 11 is 5.97. The molecule has 8 atom stereocenters. The number of nitrogens with zero attached hydrogens (tertiary/aromatic N) is 3. The highest BCUT2D eigenvalue weighted by atomic mass is 79.9. The zero-order valence-corrected chi connectivity index (χ0v) is 34.7. The summed E-state index contributed by atoms with van der Waals surface area (Å²) in [6, 6.07) is 31.0. The predicted octanol–water partition coefficient (Wildman–Crippen LogP) is 2.53. The Kier molecular flexibility index (Phi) is 16.7. The molecule has 4 N–H and O–H groups in total. The number of epoxide rings is 1. The molecular formula is C43H56BrClN4O6. The quantitative estimate of drug-likeness (QED) is 0.0969. The van der Waals surface area contributed by atoms with Crippen LogP contribution in [0.3, 0.4) is 0 Å². The minimum atomic E-state index is -0.593. The van der Waals surface area contributed by atoms with Crippen LogP contribution in [0.4, 0.5) is 0 Å². The number of likely N-dealkylation sites (N-methyl/N-ethyl adjacent to an activating group) is 2. The Morgan fingerprint density at radius 2 is 1.58 bits per heavy atom. The van der Waals surface area contributed by atoms with E-state index in [0.717, 1.165) is 52.1 Å². The molecule has 0 saturated carbocycles. The standard InChI is InChI=1S/C18H24NO4.C16H19ClN2.C9H13NO2.BrH/c1-19(2)14-8-12(9-15(19)17-16(14)23-17)22-18(21)13(10-20)11-6-4-3-5-7-11;1-19(2)12-10-15(16-5-3-4-11-18-16)13-6-8-14(17)9-7-13;1-10-6-9(12)7-3-2-4-8(11)5-7;/h3-7,12-17,20H,8-10H2,1-2H3;3-9,11,15H,10,12H2,1-2H3;2-5,9-12H,6H2,1H3;1H/q+1;;;/p-1/t12?,13-,14-,15+,16-,17+;;9-;/m1.0./s1. The fraction of sp³-hybridized carbons (Fsp3) is 0.442. The molecule has 12 heteroatoms. The first-order valence-corrected chi connectivity index (χ1v) is 19.1. The van der Waals surface area contributed by atoms with E-state index in [-0.39, 0.29) is 41.4 Å². The summed E-state index contributed by atoms with van der Waals surface area (Å²) in [5, 5.41) is 31.8. The van der Waals surface area contributed by atoms with Gasteiger partial charge in [0, 0.05) is 42.2 Å². The molecule has 0 radical (unpaired) electrons. The number of carbonyl (C=O) groups excluding carboxylic acids is 1. The highest BCUT2D eigenvalue weighted by Gasteiger charge is 2.70. The van der Waals surface area contributed by atoms with Gasteiger partial charge in [-0.2, -0.15) is 0 Å². The number of esters is 1. The number of morpholine rings is 1. The number of pyridine rings is 1. The number of aromatic nitrogens is 1. The van der Waals surface area contributed by atoms with Crippen LogP contribution in [-0.4, -0.2) is 121 Å². The van der Waals surface area contributed by atoms with E-state index in [1.54, 1.807) is 31.3 Å². The molecule has 298 valence electrons. The number of ether oxygens (including phenoxy) is 2. The van der Waals surface area contributed by atoms with Crippen LogP contribution < -0.4 is 22.3 Å². The lowest BCUT2D eigenvalue weighted by atomic mass is 9.92. The lowest BCUT2D eigenvalue weighted by Crippen LogP contribution is -3.00. The van der Waals surface area contributed by atoms with Crippen LogP contribution in [-0.2, 0) is 14.3 Å². The summed E-state index contributed by atoms with van der Waals surface area (Å²) < 4.78 is 12.5. The van der Waals surface area contributed by atoms with Crippen molar-refractivity contribution in [1.82, 2.24) is 15.2 Å². The second-order valence-corrected chi connectivity index (χ2v) is 15.6. The molecule has 4 aromatic rings. The first-order valence-electron chi connectivity index (χ1n) is 18.7. The number of benzene rings is 3. The second kappa shape index (κ2) is 20.7. The molecule has 3 fully saturated rings. The summed E-state index contributed by atoms with van der Waals surface area (Å²) in [6.07, 6.45) is 4.69. The molecule has 0 aliphatic carbocycles. The Morgan fingerprint density at radius 1 is 0.945 bits per heavy atom. The third-order valence-corrected chi connectivity index (χ3v) is 11.1. The Hall–Kier alpha value is -3.39. The fourth-order valence-electron chi connectivity index (χ4n) is 7.74. The number of quaternary nitrogens is 1. The minimum Gasteiger partial charge on any atom is -1.00 e. The topological polar surface area (TPSA) is 128 Å². The number of rotatable bonds is 12. The zero-order chi connectivity index (χ0) is 38.8. The molecule has 3 aliphatic heterocycles. The van der Waals surface area contributed by atoms with Crippen LogP contribution in [0.2, 0.25) is 5.02 Å². The van der Waals surface area contributed by atoms with Gasteiger partial charge in [0.25, 0.3) is 0 Å². The number of fused-ring (bicyclic) bond motifs is 5. The van der Waals surface area contributed by atoms with Crippen molar-refractivity contribution in [1.29, 1.82) is 0 Å². The average molecular weight is 840 g/mol. The second-order valence-electron chi connectivity index (χ2n) is 15.1. The van der Waals surface area contributed by atoms with Crippen molar-refractivity contribution in [3.63, 3.8) is 0 Å². The van der Waals surface area contributed by atoms with Crippen molar-refractivity contribution in [2.75, 3.05) is 54.9 Å². The van der Waals surface area contributed by atoms with Gasteiger partial charge < -0.3 is 56.5 Å². The Morgan fingerprint density at radius 3 is 2.15 bits per heavy atom. The van der Waals surface area contributed by atoms with Gasteiger partial charge in [0.2, 0.25) is 0 Å². The van der Waals surface area contributed by atoms with Gasteiger partial charge in [-0.1, -0.05) is 72.3 Å². The normalized spacial score (nSPS) is 23.0. The first-order chi connectivity index (χ1) is 25.9. The maximum absolute atomic E-state index is 12.5. The molecule has 4 heterocycles. The average Bonchev–Trinajstić information content (AvgIpc) is 3.93. The maximum Gasteiger partial charge on any atom is 0.316 e. The van der Waals surface area contributed by atoms with E-state index in [4.69, 9.17) is 26.2 Å². The van der Waals surface area contributed by atoms with Crippen molar-refractivity contribution >= 4 is 17.6 Å². The van der Waals surface area contributed by atoms with Crippen LogP contribution >= 0.6 is 11.6 Å². The van der Waals surface area contributed by atoms with Gasteiger partial charge in [0.05, 0.1) is 26.8 Å². The molecule has 0 spiro atoms. The summed E-state index contributed by atoms with van der Waals surface area (Å²) in [7, 11) is 10.5. The molecule has 1 aromatic heterocycles. The van der Waals surface area contributed by atoms with Crippen molar-refractivity contribution in [2.24, 2.45) is 0 Å². The number of aromatic hydroxyl groups is 1. The van der Waals surface area contributed by atoms with Crippen molar-refractivity contribution < 1.29 is 51.1 Å². The number of aliphatic hydroxyl groups is 2. The van der Waals surface area contributed by atoms with Crippen LogP contribution in [0.25, 0.3) is 0 Å². The van der Waals surface area contributed by atoms with E-state index in [1.165, 1.54) is 5.56 Å². The zero-order valence-electron chi connectivity index (χ0n) is 32.3. The number of halogens is 2. The molecule has 7 rings (SSSR count). The molecule has 3 aliphatic rings. The molecule has 2 unspecified atom stereocenters. The van der Waals surface area contributed by atoms with Crippen LogP contribution in [0.5, 0.6) is 5.75 Å². The Bertz CT molecular complexity index is 1730. The van der Waals surface area contributed by atoms with Crippen LogP contribution in [0.15, 0.2) is 103 Å². The monoisotopic (exact) mass is 838 g/mol. The van der Waals surface area contributed by atoms with E-state index >= 15 is 0 Å². The lowest BCUT2D eigenvalue weighted by Gasteiger charge is -2.45. The number of hydrogen-bond acceptors (Lipinski definition) is 9. The Balaban J connectivity index is 0.000000191. The summed E-state index contributed by atoms with van der Waals surface area (Å²) in [4.78, 5) is 19.2. The molecule has 2 bridgehead atoms. The van der Waals surface area contributed by atoms with Gasteiger partial charge in [-0.3, -0.25) is 9.78 Å². The molecule has 55 heavy (non-hydrogen) atoms. The van der Waals surface area contributed by atoms with Crippen molar-refractivity contribution in [3.05, 3.63) is 131 Å². The summed E-state index contributed by atoms with van der Waals surface area (Å²) in [6.45, 7) is 1.30. The molecule has 3 saturated heterocycles.